The smallest absolute Gasteiger partial charge is 0.339 e. The molecule has 3 rings (SSSR count). The highest BCUT2D eigenvalue weighted by atomic mass is 19.3. The summed E-state index contributed by atoms with van der Waals surface area (Å²) in [5.74, 6) is -4.22. The number of likely N-dealkylation sites (tertiary alicyclic amines) is 1. The van der Waals surface area contributed by atoms with Gasteiger partial charge in [0.25, 0.3) is 5.91 Å². The van der Waals surface area contributed by atoms with Gasteiger partial charge in [-0.25, -0.2) is 0 Å². The van der Waals surface area contributed by atoms with Crippen molar-refractivity contribution in [2.75, 3.05) is 13.1 Å². The molecule has 1 saturated heterocycles. The summed E-state index contributed by atoms with van der Waals surface area (Å²) in [6, 6.07) is 4.11. The van der Waals surface area contributed by atoms with Crippen molar-refractivity contribution in [3.63, 3.8) is 0 Å². The maximum Gasteiger partial charge on any atom is 0.366 e. The molecule has 6 nitrogen and oxygen atoms in total. The summed E-state index contributed by atoms with van der Waals surface area (Å²) in [7, 11) is 0. The summed E-state index contributed by atoms with van der Waals surface area (Å²) in [5.41, 5.74) is -0.541. The highest BCUT2D eigenvalue weighted by molar-refractivity contribution is 5.84. The Morgan fingerprint density at radius 1 is 1.43 bits per heavy atom. The van der Waals surface area contributed by atoms with Crippen LogP contribution in [0.5, 0.6) is 0 Å². The second-order valence-corrected chi connectivity index (χ2v) is 5.56. The molecule has 2 aromatic rings. The number of nitrogens with zero attached hydrogens (tertiary/aromatic N) is 4. The van der Waals surface area contributed by atoms with Crippen LogP contribution in [0.2, 0.25) is 0 Å². The van der Waals surface area contributed by atoms with Crippen molar-refractivity contribution in [3.8, 4) is 0 Å². The van der Waals surface area contributed by atoms with Crippen LogP contribution in [0.25, 0.3) is 0 Å². The first-order chi connectivity index (χ1) is 11.0. The number of aromatic nitrogens is 3. The predicted molar refractivity (Wildman–Crippen MR) is 75.7 cm³/mol. The summed E-state index contributed by atoms with van der Waals surface area (Å²) < 4.78 is 33.8. The van der Waals surface area contributed by atoms with E-state index in [1.54, 1.807) is 6.92 Å². The zero-order chi connectivity index (χ0) is 16.4. The first-order valence-corrected chi connectivity index (χ1v) is 7.37. The molecule has 23 heavy (non-hydrogen) atoms. The fourth-order valence-corrected chi connectivity index (χ4v) is 2.70. The minimum absolute atomic E-state index is 0.142. The number of aryl methyl sites for hydroxylation is 1. The van der Waals surface area contributed by atoms with Crippen LogP contribution in [0.1, 0.15) is 36.2 Å². The number of carbonyl (C=O) groups is 1. The molecule has 8 heteroatoms. The third-order valence-electron chi connectivity index (χ3n) is 3.86. The van der Waals surface area contributed by atoms with Crippen molar-refractivity contribution >= 4 is 5.91 Å². The fourth-order valence-electron chi connectivity index (χ4n) is 2.70. The van der Waals surface area contributed by atoms with Crippen LogP contribution in [-0.2, 0) is 10.7 Å². The van der Waals surface area contributed by atoms with E-state index in [1.807, 2.05) is 0 Å². The van der Waals surface area contributed by atoms with E-state index >= 15 is 0 Å². The Hall–Kier alpha value is -2.38. The van der Waals surface area contributed by atoms with Crippen molar-refractivity contribution in [2.45, 2.75) is 31.6 Å². The van der Waals surface area contributed by atoms with E-state index in [0.29, 0.717) is 18.1 Å². The van der Waals surface area contributed by atoms with Crippen LogP contribution in [-0.4, -0.2) is 39.0 Å². The molecule has 1 fully saturated rings. The Morgan fingerprint density at radius 2 is 2.26 bits per heavy atom. The van der Waals surface area contributed by atoms with Crippen LogP contribution < -0.4 is 0 Å². The van der Waals surface area contributed by atoms with Crippen LogP contribution >= 0.6 is 0 Å². The molecule has 3 heterocycles. The largest absolute Gasteiger partial charge is 0.366 e. The van der Waals surface area contributed by atoms with E-state index in [0.717, 1.165) is 17.4 Å². The van der Waals surface area contributed by atoms with Crippen molar-refractivity contribution in [1.29, 1.82) is 0 Å². The van der Waals surface area contributed by atoms with Gasteiger partial charge in [-0.1, -0.05) is 11.2 Å². The van der Waals surface area contributed by atoms with Gasteiger partial charge in [0.1, 0.15) is 5.69 Å². The molecule has 1 aliphatic heterocycles. The molecule has 122 valence electrons. The number of hydrogen-bond donors (Lipinski definition) is 0. The van der Waals surface area contributed by atoms with E-state index < -0.39 is 17.5 Å². The van der Waals surface area contributed by atoms with Gasteiger partial charge in [-0.2, -0.15) is 13.8 Å². The van der Waals surface area contributed by atoms with E-state index in [9.17, 15) is 13.6 Å². The highest BCUT2D eigenvalue weighted by Gasteiger charge is 2.46. The predicted octanol–water partition coefficient (Wildman–Crippen LogP) is 2.27. The molecule has 0 bridgehead atoms. The second-order valence-electron chi connectivity index (χ2n) is 5.56. The second kappa shape index (κ2) is 6.02. The molecule has 2 aromatic heterocycles. The molecule has 0 unspecified atom stereocenters. The molecule has 0 aromatic carbocycles. The average molecular weight is 322 g/mol. The number of carbonyl (C=O) groups excluding carboxylic acids is 1. The van der Waals surface area contributed by atoms with Gasteiger partial charge in [0.05, 0.1) is 5.92 Å². The van der Waals surface area contributed by atoms with Gasteiger partial charge in [-0.3, -0.25) is 9.78 Å². The Balaban J connectivity index is 1.77. The Morgan fingerprint density at radius 3 is 2.91 bits per heavy atom. The molecular weight excluding hydrogens is 306 g/mol. The average Bonchev–Trinajstić information content (AvgIpc) is 3.01. The molecular formula is C15H16F2N4O2. The van der Waals surface area contributed by atoms with Crippen molar-refractivity contribution in [2.24, 2.45) is 0 Å². The summed E-state index contributed by atoms with van der Waals surface area (Å²) in [4.78, 5) is 21.2. The standard InChI is InChI=1S/C15H16F2N4O2/c1-10-19-13(23-20-10)11-5-4-8-21(9-11)14(22)15(16,17)12-6-2-3-7-18-12/h2-3,6-7,11H,4-5,8-9H2,1H3/t11-/m0/s1. The Labute approximate surface area is 131 Å². The zero-order valence-electron chi connectivity index (χ0n) is 12.6. The van der Waals surface area contributed by atoms with Gasteiger partial charge in [0.2, 0.25) is 5.89 Å². The molecule has 1 amide bonds. The number of hydrogen-bond acceptors (Lipinski definition) is 5. The molecule has 0 radical (unpaired) electrons. The Kier molecular flexibility index (Phi) is 4.06. The monoisotopic (exact) mass is 322 g/mol. The minimum atomic E-state index is -3.64. The number of amides is 1. The lowest BCUT2D eigenvalue weighted by atomic mass is 9.97. The number of halogens is 2. The minimum Gasteiger partial charge on any atom is -0.339 e. The third-order valence-corrected chi connectivity index (χ3v) is 3.86. The molecule has 0 aliphatic carbocycles. The third kappa shape index (κ3) is 3.06. The maximum atomic E-state index is 14.4. The lowest BCUT2D eigenvalue weighted by Crippen LogP contribution is -2.46. The van der Waals surface area contributed by atoms with Crippen LogP contribution in [0.15, 0.2) is 28.9 Å². The zero-order valence-corrected chi connectivity index (χ0v) is 12.6. The van der Waals surface area contributed by atoms with Crippen LogP contribution in [0, 0.1) is 6.92 Å². The first-order valence-electron chi connectivity index (χ1n) is 7.37. The Bertz CT molecular complexity index is 690. The fraction of sp³-hybridized carbons (Fsp3) is 0.467. The molecule has 0 saturated carbocycles. The van der Waals surface area contributed by atoms with Crippen molar-refractivity contribution < 1.29 is 18.1 Å². The SMILES string of the molecule is Cc1noc([C@H]2CCCN(C(=O)C(F)(F)c3ccccn3)C2)n1. The molecule has 0 spiro atoms. The lowest BCUT2D eigenvalue weighted by molar-refractivity contribution is -0.161. The summed E-state index contributed by atoms with van der Waals surface area (Å²) in [5, 5.41) is 3.71. The first kappa shape index (κ1) is 15.5. The number of pyridine rings is 1. The maximum absolute atomic E-state index is 14.4. The van der Waals surface area contributed by atoms with E-state index in [4.69, 9.17) is 4.52 Å². The summed E-state index contributed by atoms with van der Waals surface area (Å²) in [6.45, 7) is 2.11. The van der Waals surface area contributed by atoms with Crippen molar-refractivity contribution in [3.05, 3.63) is 41.8 Å². The molecule has 0 N–H and O–H groups in total. The van der Waals surface area contributed by atoms with Crippen molar-refractivity contribution in [1.82, 2.24) is 20.0 Å². The lowest BCUT2D eigenvalue weighted by Gasteiger charge is -2.33. The van der Waals surface area contributed by atoms with Gasteiger partial charge in [0, 0.05) is 19.3 Å². The normalized spacial score (nSPS) is 18.9. The van der Waals surface area contributed by atoms with Gasteiger partial charge >= 0.3 is 5.92 Å². The number of alkyl halides is 2. The van der Waals surface area contributed by atoms with E-state index in [1.165, 1.54) is 18.3 Å². The quantitative estimate of drug-likeness (QED) is 0.867. The number of rotatable bonds is 3. The number of piperidine rings is 1. The van der Waals surface area contributed by atoms with Crippen LogP contribution in [0.3, 0.4) is 0 Å². The summed E-state index contributed by atoms with van der Waals surface area (Å²) in [6.07, 6.45) is 2.58. The molecule has 1 atom stereocenters. The van der Waals surface area contributed by atoms with Gasteiger partial charge < -0.3 is 9.42 Å². The van der Waals surface area contributed by atoms with Gasteiger partial charge in [-0.05, 0) is 31.9 Å². The van der Waals surface area contributed by atoms with E-state index in [-0.39, 0.29) is 19.0 Å². The van der Waals surface area contributed by atoms with E-state index in [2.05, 4.69) is 15.1 Å². The summed E-state index contributed by atoms with van der Waals surface area (Å²) >= 11 is 0. The van der Waals surface area contributed by atoms with Gasteiger partial charge in [0.15, 0.2) is 5.82 Å². The van der Waals surface area contributed by atoms with Crippen LogP contribution in [0.4, 0.5) is 8.78 Å². The molecule has 1 aliphatic rings. The highest BCUT2D eigenvalue weighted by Crippen LogP contribution is 2.32. The van der Waals surface area contributed by atoms with Gasteiger partial charge in [-0.15, -0.1) is 0 Å². The topological polar surface area (TPSA) is 72.1 Å².